The van der Waals surface area contributed by atoms with Crippen molar-refractivity contribution in [2.24, 2.45) is 5.16 Å². The van der Waals surface area contributed by atoms with Crippen LogP contribution < -0.4 is 0 Å². The van der Waals surface area contributed by atoms with E-state index in [-0.39, 0.29) is 41.2 Å². The second kappa shape index (κ2) is 9.31. The van der Waals surface area contributed by atoms with Gasteiger partial charge in [-0.1, -0.05) is 29.4 Å². The summed E-state index contributed by atoms with van der Waals surface area (Å²) in [7, 11) is 1.22. The van der Waals surface area contributed by atoms with E-state index in [0.29, 0.717) is 0 Å². The van der Waals surface area contributed by atoms with Crippen molar-refractivity contribution in [1.82, 2.24) is 0 Å². The molecule has 2 unspecified atom stereocenters. The molecule has 0 saturated heterocycles. The number of phenols is 2. The third-order valence-electron chi connectivity index (χ3n) is 4.18. The third-order valence-corrected chi connectivity index (χ3v) is 4.18. The summed E-state index contributed by atoms with van der Waals surface area (Å²) in [6.07, 6.45) is -0.618. The summed E-state index contributed by atoms with van der Waals surface area (Å²) in [5.41, 5.74) is 0.186. The van der Waals surface area contributed by atoms with Crippen LogP contribution in [-0.2, 0) is 4.84 Å². The average Bonchev–Trinajstić information content (AvgIpc) is 2.65. The summed E-state index contributed by atoms with van der Waals surface area (Å²) in [4.78, 5) is 26.6. The van der Waals surface area contributed by atoms with Crippen LogP contribution in [0, 0.1) is 20.2 Å². The SMILES string of the molecule is CON=C(CC(c1ccccc1O)[N+](=O)[O-])CC(c1ccccc1O)[N+](=O)[O-]. The topological polar surface area (TPSA) is 148 Å². The summed E-state index contributed by atoms with van der Waals surface area (Å²) in [6.45, 7) is 0. The quantitative estimate of drug-likeness (QED) is 0.380. The second-order valence-corrected chi connectivity index (χ2v) is 5.97. The molecule has 0 spiro atoms. The van der Waals surface area contributed by atoms with E-state index >= 15 is 0 Å². The summed E-state index contributed by atoms with van der Waals surface area (Å²) in [6, 6.07) is 8.85. The molecule has 0 heterocycles. The molecule has 0 saturated carbocycles. The molecule has 2 aromatic rings. The number of oxime groups is 1. The van der Waals surface area contributed by atoms with Gasteiger partial charge in [0.1, 0.15) is 18.6 Å². The highest BCUT2D eigenvalue weighted by atomic mass is 16.6. The Balaban J connectivity index is 2.34. The van der Waals surface area contributed by atoms with Gasteiger partial charge in [0, 0.05) is 9.85 Å². The largest absolute Gasteiger partial charge is 0.507 e. The molecule has 0 aliphatic heterocycles. The lowest BCUT2D eigenvalue weighted by Crippen LogP contribution is -2.20. The average molecular weight is 389 g/mol. The fourth-order valence-electron chi connectivity index (χ4n) is 2.87. The minimum atomic E-state index is -1.37. The first kappa shape index (κ1) is 20.6. The van der Waals surface area contributed by atoms with E-state index in [1.54, 1.807) is 12.1 Å². The van der Waals surface area contributed by atoms with E-state index in [1.165, 1.54) is 43.5 Å². The van der Waals surface area contributed by atoms with Crippen LogP contribution in [0.5, 0.6) is 11.5 Å². The lowest BCUT2D eigenvalue weighted by molar-refractivity contribution is -0.530. The molecule has 0 amide bonds. The number of aromatic hydroxyl groups is 2. The van der Waals surface area contributed by atoms with Gasteiger partial charge in [-0.2, -0.15) is 0 Å². The van der Waals surface area contributed by atoms with Gasteiger partial charge in [-0.15, -0.1) is 0 Å². The Morgan fingerprint density at radius 2 is 1.32 bits per heavy atom. The number of nitro groups is 2. The number of phenolic OH excluding ortho intramolecular Hbond substituents is 2. The Morgan fingerprint density at radius 1 is 0.929 bits per heavy atom. The van der Waals surface area contributed by atoms with Crippen molar-refractivity contribution in [3.63, 3.8) is 0 Å². The molecule has 2 aromatic carbocycles. The summed E-state index contributed by atoms with van der Waals surface area (Å²) >= 11 is 0. The predicted molar refractivity (Wildman–Crippen MR) is 99.4 cm³/mol. The monoisotopic (exact) mass is 389 g/mol. The van der Waals surface area contributed by atoms with Crippen LogP contribution in [0.25, 0.3) is 0 Å². The van der Waals surface area contributed by atoms with Crippen LogP contribution in [0.1, 0.15) is 36.1 Å². The van der Waals surface area contributed by atoms with Crippen molar-refractivity contribution in [3.05, 3.63) is 79.9 Å². The van der Waals surface area contributed by atoms with Crippen LogP contribution in [0.3, 0.4) is 0 Å². The Labute approximate surface area is 160 Å². The predicted octanol–water partition coefficient (Wildman–Crippen LogP) is 3.22. The zero-order valence-corrected chi connectivity index (χ0v) is 15.0. The van der Waals surface area contributed by atoms with E-state index in [9.17, 15) is 30.4 Å². The second-order valence-electron chi connectivity index (χ2n) is 5.97. The van der Waals surface area contributed by atoms with Gasteiger partial charge in [-0.3, -0.25) is 20.2 Å². The molecule has 0 bridgehead atoms. The molecule has 10 nitrogen and oxygen atoms in total. The van der Waals surface area contributed by atoms with Crippen molar-refractivity contribution >= 4 is 5.71 Å². The van der Waals surface area contributed by atoms with E-state index in [0.717, 1.165) is 0 Å². The maximum absolute atomic E-state index is 11.6. The van der Waals surface area contributed by atoms with E-state index in [4.69, 9.17) is 4.84 Å². The highest BCUT2D eigenvalue weighted by Crippen LogP contribution is 2.33. The zero-order valence-electron chi connectivity index (χ0n) is 15.0. The van der Waals surface area contributed by atoms with Gasteiger partial charge in [-0.25, -0.2) is 0 Å². The lowest BCUT2D eigenvalue weighted by atomic mass is 9.94. The van der Waals surface area contributed by atoms with Crippen LogP contribution in [0.4, 0.5) is 0 Å². The number of rotatable bonds is 9. The number of hydrogen-bond acceptors (Lipinski definition) is 8. The van der Waals surface area contributed by atoms with E-state index in [2.05, 4.69) is 5.16 Å². The normalized spacial score (nSPS) is 12.6. The van der Waals surface area contributed by atoms with Crippen LogP contribution in [-0.4, -0.2) is 32.9 Å². The highest BCUT2D eigenvalue weighted by molar-refractivity contribution is 5.85. The molecule has 28 heavy (non-hydrogen) atoms. The molecular weight excluding hydrogens is 370 g/mol. The lowest BCUT2D eigenvalue weighted by Gasteiger charge is -2.15. The summed E-state index contributed by atoms with van der Waals surface area (Å²) in [5.74, 6) is -0.514. The Morgan fingerprint density at radius 3 is 1.64 bits per heavy atom. The Kier molecular flexibility index (Phi) is 6.85. The van der Waals surface area contributed by atoms with Gasteiger partial charge < -0.3 is 15.1 Å². The molecule has 0 radical (unpaired) electrons. The number of hydrogen-bond donors (Lipinski definition) is 2. The van der Waals surface area contributed by atoms with Crippen molar-refractivity contribution in [2.45, 2.75) is 24.9 Å². The van der Waals surface area contributed by atoms with Gasteiger partial charge >= 0.3 is 0 Å². The summed E-state index contributed by atoms with van der Waals surface area (Å²) < 4.78 is 0. The van der Waals surface area contributed by atoms with Crippen LogP contribution in [0.2, 0.25) is 0 Å². The molecule has 0 aliphatic carbocycles. The molecule has 2 atom stereocenters. The molecule has 0 fully saturated rings. The number of para-hydroxylation sites is 2. The van der Waals surface area contributed by atoms with Crippen molar-refractivity contribution < 1.29 is 24.9 Å². The zero-order chi connectivity index (χ0) is 20.7. The standard InChI is InChI=1S/C18H19N3O7/c1-28-19-12(10-15(20(24)25)13-6-2-4-8-17(13)22)11-16(21(26)27)14-7-3-5-9-18(14)23/h2-9,15-16,22-23H,10-11H2,1H3. The first-order valence-corrected chi connectivity index (χ1v) is 8.26. The molecule has 10 heteroatoms. The van der Waals surface area contributed by atoms with E-state index < -0.39 is 21.9 Å². The minimum Gasteiger partial charge on any atom is -0.507 e. The minimum absolute atomic E-state index is 0.0532. The first-order valence-electron chi connectivity index (χ1n) is 8.26. The molecule has 0 aliphatic rings. The van der Waals surface area contributed by atoms with Gasteiger partial charge in [0.25, 0.3) is 0 Å². The molecular formula is C18H19N3O7. The highest BCUT2D eigenvalue weighted by Gasteiger charge is 2.33. The number of benzene rings is 2. The number of nitrogens with zero attached hydrogens (tertiary/aromatic N) is 3. The van der Waals surface area contributed by atoms with Gasteiger partial charge in [-0.05, 0) is 24.3 Å². The van der Waals surface area contributed by atoms with Crippen molar-refractivity contribution in [1.29, 1.82) is 0 Å². The van der Waals surface area contributed by atoms with Crippen LogP contribution >= 0.6 is 0 Å². The maximum atomic E-state index is 11.6. The fourth-order valence-corrected chi connectivity index (χ4v) is 2.87. The fraction of sp³-hybridized carbons (Fsp3) is 0.278. The maximum Gasteiger partial charge on any atom is 0.246 e. The van der Waals surface area contributed by atoms with Crippen molar-refractivity contribution in [3.8, 4) is 11.5 Å². The van der Waals surface area contributed by atoms with Gasteiger partial charge in [0.2, 0.25) is 12.1 Å². The molecule has 148 valence electrons. The van der Waals surface area contributed by atoms with E-state index in [1.807, 2.05) is 0 Å². The van der Waals surface area contributed by atoms with Crippen LogP contribution in [0.15, 0.2) is 53.7 Å². The van der Waals surface area contributed by atoms with Gasteiger partial charge in [0.15, 0.2) is 0 Å². The molecule has 2 N–H and O–H groups in total. The van der Waals surface area contributed by atoms with Gasteiger partial charge in [0.05, 0.1) is 29.7 Å². The molecule has 0 aromatic heterocycles. The Bertz CT molecular complexity index is 817. The third kappa shape index (κ3) is 4.93. The Hall–Kier alpha value is -3.69. The smallest absolute Gasteiger partial charge is 0.246 e. The van der Waals surface area contributed by atoms with Crippen molar-refractivity contribution in [2.75, 3.05) is 7.11 Å². The summed E-state index contributed by atoms with van der Waals surface area (Å²) in [5, 5.41) is 46.7. The molecule has 2 rings (SSSR count). The first-order chi connectivity index (χ1) is 13.3.